The number of rotatable bonds is 3. The summed E-state index contributed by atoms with van der Waals surface area (Å²) in [7, 11) is 1.83. The summed E-state index contributed by atoms with van der Waals surface area (Å²) in [4.78, 5) is 22.7. The molecule has 4 aromatic heterocycles. The van der Waals surface area contributed by atoms with E-state index in [-0.39, 0.29) is 11.5 Å². The molecule has 26 heavy (non-hydrogen) atoms. The molecule has 9 nitrogen and oxygen atoms in total. The molecule has 0 bridgehead atoms. The molecule has 5 rings (SSSR count). The normalized spacial score (nSPS) is 17.3. The standard InChI is InChI=1S/C16H15N7O2S/c1-21-12(2-4-18-21)23-14(19-13(20-23)10-3-6-25-9-10)11-8-17-16-22(15(11)24)5-7-26-16/h2,4-5,7-8,10H,3,6,9H2,1H3. The highest BCUT2D eigenvalue weighted by Crippen LogP contribution is 2.26. The lowest BCUT2D eigenvalue weighted by atomic mass is 10.1. The quantitative estimate of drug-likeness (QED) is 0.540. The van der Waals surface area contributed by atoms with Gasteiger partial charge in [0.25, 0.3) is 5.56 Å². The van der Waals surface area contributed by atoms with Crippen molar-refractivity contribution in [1.82, 2.24) is 33.9 Å². The van der Waals surface area contributed by atoms with Crippen molar-refractivity contribution in [1.29, 1.82) is 0 Å². The molecular weight excluding hydrogens is 354 g/mol. The summed E-state index contributed by atoms with van der Waals surface area (Å²) in [5.41, 5.74) is 0.237. The molecular formula is C16H15N7O2S. The summed E-state index contributed by atoms with van der Waals surface area (Å²) in [6.07, 6.45) is 5.84. The summed E-state index contributed by atoms with van der Waals surface area (Å²) in [6.45, 7) is 1.29. The van der Waals surface area contributed by atoms with Crippen LogP contribution in [0.25, 0.3) is 22.2 Å². The minimum absolute atomic E-state index is 0.129. The van der Waals surface area contributed by atoms with Gasteiger partial charge in [-0.1, -0.05) is 0 Å². The fourth-order valence-electron chi connectivity index (χ4n) is 3.13. The molecule has 132 valence electrons. The van der Waals surface area contributed by atoms with Gasteiger partial charge in [0.1, 0.15) is 5.56 Å². The lowest BCUT2D eigenvalue weighted by Gasteiger charge is -2.05. The average Bonchev–Trinajstić information content (AvgIpc) is 3.41. The highest BCUT2D eigenvalue weighted by molar-refractivity contribution is 7.15. The van der Waals surface area contributed by atoms with Gasteiger partial charge in [0.2, 0.25) is 0 Å². The Balaban J connectivity index is 1.74. The molecule has 1 aliphatic heterocycles. The van der Waals surface area contributed by atoms with Crippen molar-refractivity contribution >= 4 is 16.3 Å². The molecule has 0 aromatic carbocycles. The third-order valence-corrected chi connectivity index (χ3v) is 5.28. The molecule has 1 unspecified atom stereocenters. The molecule has 0 amide bonds. The second-order valence-electron chi connectivity index (χ2n) is 6.11. The van der Waals surface area contributed by atoms with Gasteiger partial charge in [0.15, 0.2) is 22.4 Å². The van der Waals surface area contributed by atoms with Crippen LogP contribution in [0.4, 0.5) is 0 Å². The summed E-state index contributed by atoms with van der Waals surface area (Å²) in [5, 5.41) is 10.7. The lowest BCUT2D eigenvalue weighted by molar-refractivity contribution is 0.193. The molecule has 0 saturated carbocycles. The van der Waals surface area contributed by atoms with Crippen LogP contribution < -0.4 is 5.56 Å². The van der Waals surface area contributed by atoms with Gasteiger partial charge in [-0.3, -0.25) is 13.9 Å². The van der Waals surface area contributed by atoms with E-state index >= 15 is 0 Å². The van der Waals surface area contributed by atoms with Gasteiger partial charge in [-0.05, 0) is 6.42 Å². The lowest BCUT2D eigenvalue weighted by Crippen LogP contribution is -2.17. The van der Waals surface area contributed by atoms with Crippen LogP contribution in [-0.4, -0.2) is 47.1 Å². The van der Waals surface area contributed by atoms with E-state index in [1.54, 1.807) is 28.0 Å². The number of fused-ring (bicyclic) bond motifs is 1. The van der Waals surface area contributed by atoms with Crippen LogP contribution in [0.3, 0.4) is 0 Å². The Hall–Kier alpha value is -2.85. The summed E-state index contributed by atoms with van der Waals surface area (Å²) in [6, 6.07) is 1.83. The van der Waals surface area contributed by atoms with E-state index in [1.807, 2.05) is 18.5 Å². The number of hydrogen-bond donors (Lipinski definition) is 0. The first-order valence-corrected chi connectivity index (χ1v) is 9.08. The number of nitrogens with zero attached hydrogens (tertiary/aromatic N) is 7. The third kappa shape index (κ3) is 2.30. The minimum atomic E-state index is -0.165. The summed E-state index contributed by atoms with van der Waals surface area (Å²) in [5.74, 6) is 2.00. The Bertz CT molecular complexity index is 1150. The number of aromatic nitrogens is 7. The topological polar surface area (TPSA) is 92.1 Å². The van der Waals surface area contributed by atoms with Crippen LogP contribution >= 0.6 is 11.3 Å². The monoisotopic (exact) mass is 369 g/mol. The number of aryl methyl sites for hydroxylation is 1. The van der Waals surface area contributed by atoms with Crippen molar-refractivity contribution in [2.45, 2.75) is 12.3 Å². The molecule has 1 fully saturated rings. The molecule has 10 heteroatoms. The Labute approximate surface area is 151 Å². The number of ether oxygens (including phenoxy) is 1. The van der Waals surface area contributed by atoms with Gasteiger partial charge in [-0.25, -0.2) is 9.97 Å². The predicted molar refractivity (Wildman–Crippen MR) is 94.6 cm³/mol. The van der Waals surface area contributed by atoms with Crippen molar-refractivity contribution in [2.24, 2.45) is 7.05 Å². The highest BCUT2D eigenvalue weighted by atomic mass is 32.1. The smallest absolute Gasteiger partial charge is 0.269 e. The van der Waals surface area contributed by atoms with Crippen LogP contribution in [0.15, 0.2) is 34.8 Å². The average molecular weight is 369 g/mol. The minimum Gasteiger partial charge on any atom is -0.381 e. The van der Waals surface area contributed by atoms with Crippen LogP contribution in [0.2, 0.25) is 0 Å². The van der Waals surface area contributed by atoms with Gasteiger partial charge >= 0.3 is 0 Å². The summed E-state index contributed by atoms with van der Waals surface area (Å²) >= 11 is 1.41. The first-order chi connectivity index (χ1) is 12.7. The van der Waals surface area contributed by atoms with Crippen molar-refractivity contribution in [2.75, 3.05) is 13.2 Å². The van der Waals surface area contributed by atoms with E-state index in [4.69, 9.17) is 9.72 Å². The zero-order valence-electron chi connectivity index (χ0n) is 13.9. The van der Waals surface area contributed by atoms with Crippen molar-refractivity contribution in [3.05, 3.63) is 46.2 Å². The molecule has 1 atom stereocenters. The van der Waals surface area contributed by atoms with E-state index in [1.165, 1.54) is 15.7 Å². The number of hydrogen-bond acceptors (Lipinski definition) is 7. The van der Waals surface area contributed by atoms with Crippen molar-refractivity contribution < 1.29 is 4.74 Å². The first kappa shape index (κ1) is 15.4. The fraction of sp³-hybridized carbons (Fsp3) is 0.312. The van der Waals surface area contributed by atoms with Gasteiger partial charge < -0.3 is 4.74 Å². The van der Waals surface area contributed by atoms with E-state index in [2.05, 4.69) is 15.2 Å². The zero-order chi connectivity index (χ0) is 17.7. The number of thiazole rings is 1. The molecule has 0 spiro atoms. The fourth-order valence-corrected chi connectivity index (χ4v) is 3.80. The SMILES string of the molecule is Cn1nccc1-n1nc(C2CCOC2)nc1-c1cnc2sccn2c1=O. The van der Waals surface area contributed by atoms with Crippen LogP contribution in [0.5, 0.6) is 0 Å². The van der Waals surface area contributed by atoms with Gasteiger partial charge in [-0.2, -0.15) is 9.78 Å². The summed E-state index contributed by atoms with van der Waals surface area (Å²) < 4.78 is 10.4. The maximum Gasteiger partial charge on any atom is 0.269 e. The molecule has 0 N–H and O–H groups in total. The first-order valence-electron chi connectivity index (χ1n) is 8.20. The molecule has 1 aliphatic rings. The van der Waals surface area contributed by atoms with Crippen molar-refractivity contribution in [3.8, 4) is 17.2 Å². The van der Waals surface area contributed by atoms with Gasteiger partial charge in [0, 0.05) is 43.4 Å². The van der Waals surface area contributed by atoms with Crippen molar-refractivity contribution in [3.63, 3.8) is 0 Å². The Kier molecular flexibility index (Phi) is 3.47. The predicted octanol–water partition coefficient (Wildman–Crippen LogP) is 1.24. The van der Waals surface area contributed by atoms with E-state index in [9.17, 15) is 4.79 Å². The van der Waals surface area contributed by atoms with Crippen LogP contribution in [0, 0.1) is 0 Å². The van der Waals surface area contributed by atoms with E-state index in [0.29, 0.717) is 35.4 Å². The van der Waals surface area contributed by atoms with E-state index in [0.717, 1.165) is 12.2 Å². The third-order valence-electron chi connectivity index (χ3n) is 4.51. The molecule has 5 heterocycles. The largest absolute Gasteiger partial charge is 0.381 e. The Morgan fingerprint density at radius 1 is 1.38 bits per heavy atom. The Morgan fingerprint density at radius 2 is 2.31 bits per heavy atom. The van der Waals surface area contributed by atoms with Gasteiger partial charge in [-0.15, -0.1) is 16.4 Å². The molecule has 0 radical (unpaired) electrons. The molecule has 0 aliphatic carbocycles. The highest BCUT2D eigenvalue weighted by Gasteiger charge is 2.26. The van der Waals surface area contributed by atoms with Crippen LogP contribution in [0.1, 0.15) is 18.2 Å². The van der Waals surface area contributed by atoms with Gasteiger partial charge in [0.05, 0.1) is 12.8 Å². The second kappa shape index (κ2) is 5.85. The molecule has 1 saturated heterocycles. The zero-order valence-corrected chi connectivity index (χ0v) is 14.8. The Morgan fingerprint density at radius 3 is 3.08 bits per heavy atom. The maximum absolute atomic E-state index is 12.9. The second-order valence-corrected chi connectivity index (χ2v) is 6.98. The maximum atomic E-state index is 12.9. The van der Waals surface area contributed by atoms with E-state index < -0.39 is 0 Å². The molecule has 4 aromatic rings. The van der Waals surface area contributed by atoms with Crippen LogP contribution in [-0.2, 0) is 11.8 Å².